The molecule has 132 valence electrons. The molecule has 0 saturated carbocycles. The first-order chi connectivity index (χ1) is 12.2. The number of methoxy groups -OCH3 is 1. The van der Waals surface area contributed by atoms with Crippen LogP contribution in [-0.4, -0.2) is 31.3 Å². The van der Waals surface area contributed by atoms with Crippen LogP contribution in [0.1, 0.15) is 29.7 Å². The average molecular weight is 341 g/mol. The Hall–Kier alpha value is -2.73. The van der Waals surface area contributed by atoms with Crippen LogP contribution in [0, 0.1) is 0 Å². The standard InChI is InChI=1S/C19H23N3O3/c1-24-14-6-4-5-13(11-14)17(23)12-21-19(20)22-16-9-10-25-18-8-3-2-7-15(16)18/h2-8,11,16-17,23H,9-10,12H2,1H3,(H3,20,21,22). The summed E-state index contributed by atoms with van der Waals surface area (Å²) in [6.07, 6.45) is 0.0727. The summed E-state index contributed by atoms with van der Waals surface area (Å²) in [5, 5.41) is 13.5. The summed E-state index contributed by atoms with van der Waals surface area (Å²) in [5.74, 6) is 1.88. The van der Waals surface area contributed by atoms with Gasteiger partial charge in [-0.3, -0.25) is 4.99 Å². The summed E-state index contributed by atoms with van der Waals surface area (Å²) in [4.78, 5) is 4.27. The Morgan fingerprint density at radius 2 is 2.20 bits per heavy atom. The number of fused-ring (bicyclic) bond motifs is 1. The highest BCUT2D eigenvalue weighted by Crippen LogP contribution is 2.31. The highest BCUT2D eigenvalue weighted by molar-refractivity contribution is 5.78. The third kappa shape index (κ3) is 4.22. The zero-order valence-corrected chi connectivity index (χ0v) is 14.2. The van der Waals surface area contributed by atoms with Gasteiger partial charge in [0, 0.05) is 12.0 Å². The summed E-state index contributed by atoms with van der Waals surface area (Å²) < 4.78 is 10.8. The van der Waals surface area contributed by atoms with Crippen molar-refractivity contribution in [3.05, 3.63) is 59.7 Å². The average Bonchev–Trinajstić information content (AvgIpc) is 2.66. The Bertz CT molecular complexity index is 748. The van der Waals surface area contributed by atoms with Gasteiger partial charge in [0.2, 0.25) is 0 Å². The summed E-state index contributed by atoms with van der Waals surface area (Å²) in [5.41, 5.74) is 7.82. The number of nitrogens with zero attached hydrogens (tertiary/aromatic N) is 1. The predicted molar refractivity (Wildman–Crippen MR) is 96.9 cm³/mol. The van der Waals surface area contributed by atoms with Crippen LogP contribution >= 0.6 is 0 Å². The highest BCUT2D eigenvalue weighted by atomic mass is 16.5. The van der Waals surface area contributed by atoms with Crippen LogP contribution < -0.4 is 20.5 Å². The van der Waals surface area contributed by atoms with Gasteiger partial charge < -0.3 is 25.6 Å². The lowest BCUT2D eigenvalue weighted by Gasteiger charge is -2.27. The molecule has 2 atom stereocenters. The molecule has 6 nitrogen and oxygen atoms in total. The molecule has 0 fully saturated rings. The molecule has 1 aliphatic heterocycles. The van der Waals surface area contributed by atoms with E-state index in [1.165, 1.54) is 0 Å². The lowest BCUT2D eigenvalue weighted by Crippen LogP contribution is -2.37. The third-order valence-corrected chi connectivity index (χ3v) is 4.19. The van der Waals surface area contributed by atoms with E-state index in [9.17, 15) is 5.11 Å². The van der Waals surface area contributed by atoms with Gasteiger partial charge in [0.05, 0.1) is 32.4 Å². The molecule has 2 aromatic rings. The second-order valence-corrected chi connectivity index (χ2v) is 5.89. The number of aliphatic hydroxyl groups excluding tert-OH is 1. The monoisotopic (exact) mass is 341 g/mol. The van der Waals surface area contributed by atoms with Gasteiger partial charge in [0.1, 0.15) is 11.5 Å². The Balaban J connectivity index is 1.62. The Kier molecular flexibility index (Phi) is 5.40. The van der Waals surface area contributed by atoms with Crippen molar-refractivity contribution in [2.24, 2.45) is 10.7 Å². The van der Waals surface area contributed by atoms with Gasteiger partial charge in [-0.2, -0.15) is 0 Å². The molecule has 4 N–H and O–H groups in total. The number of nitrogens with two attached hydrogens (primary N) is 1. The first-order valence-electron chi connectivity index (χ1n) is 8.27. The van der Waals surface area contributed by atoms with Crippen molar-refractivity contribution in [1.29, 1.82) is 0 Å². The molecule has 0 radical (unpaired) electrons. The number of ether oxygens (including phenoxy) is 2. The molecular formula is C19H23N3O3. The number of guanidine groups is 1. The number of benzene rings is 2. The van der Waals surface area contributed by atoms with Gasteiger partial charge in [-0.15, -0.1) is 0 Å². The minimum atomic E-state index is -0.738. The van der Waals surface area contributed by atoms with Gasteiger partial charge >= 0.3 is 0 Å². The quantitative estimate of drug-likeness (QED) is 0.573. The number of aliphatic hydroxyl groups is 1. The van der Waals surface area contributed by atoms with Crippen molar-refractivity contribution < 1.29 is 14.6 Å². The minimum Gasteiger partial charge on any atom is -0.497 e. The van der Waals surface area contributed by atoms with E-state index >= 15 is 0 Å². The first kappa shape index (κ1) is 17.1. The van der Waals surface area contributed by atoms with Crippen LogP contribution in [0.2, 0.25) is 0 Å². The maximum Gasteiger partial charge on any atom is 0.189 e. The van der Waals surface area contributed by atoms with Crippen molar-refractivity contribution in [2.75, 3.05) is 20.3 Å². The molecular weight excluding hydrogens is 318 g/mol. The normalized spacial score (nSPS) is 18.0. The number of aliphatic imine (C=N–C) groups is 1. The maximum absolute atomic E-state index is 10.3. The lowest BCUT2D eigenvalue weighted by molar-refractivity contribution is 0.186. The van der Waals surface area contributed by atoms with Crippen molar-refractivity contribution in [3.63, 3.8) is 0 Å². The van der Waals surface area contributed by atoms with E-state index < -0.39 is 6.10 Å². The second kappa shape index (κ2) is 7.90. The Morgan fingerprint density at radius 3 is 3.04 bits per heavy atom. The number of hydrogen-bond acceptors (Lipinski definition) is 4. The second-order valence-electron chi connectivity index (χ2n) is 5.89. The van der Waals surface area contributed by atoms with Crippen LogP contribution in [0.15, 0.2) is 53.5 Å². The minimum absolute atomic E-state index is 0.0580. The molecule has 1 heterocycles. The van der Waals surface area contributed by atoms with Crippen molar-refractivity contribution in [1.82, 2.24) is 5.32 Å². The van der Waals surface area contributed by atoms with Crippen molar-refractivity contribution in [2.45, 2.75) is 18.6 Å². The zero-order chi connectivity index (χ0) is 17.6. The molecule has 6 heteroatoms. The summed E-state index contributed by atoms with van der Waals surface area (Å²) in [6.45, 7) is 0.811. The number of para-hydroxylation sites is 1. The fraction of sp³-hybridized carbons (Fsp3) is 0.316. The van der Waals surface area contributed by atoms with Gasteiger partial charge in [-0.1, -0.05) is 30.3 Å². The fourth-order valence-corrected chi connectivity index (χ4v) is 2.86. The molecule has 1 aliphatic rings. The van der Waals surface area contributed by atoms with E-state index in [1.807, 2.05) is 42.5 Å². The van der Waals surface area contributed by atoms with Crippen LogP contribution in [0.25, 0.3) is 0 Å². The largest absolute Gasteiger partial charge is 0.497 e. The fourth-order valence-electron chi connectivity index (χ4n) is 2.86. The van der Waals surface area contributed by atoms with Gasteiger partial charge in [-0.25, -0.2) is 0 Å². The predicted octanol–water partition coefficient (Wildman–Crippen LogP) is 2.16. The molecule has 0 spiro atoms. The van der Waals surface area contributed by atoms with E-state index in [0.29, 0.717) is 18.3 Å². The Labute approximate surface area is 147 Å². The van der Waals surface area contributed by atoms with Crippen LogP contribution in [-0.2, 0) is 0 Å². The smallest absolute Gasteiger partial charge is 0.189 e. The number of nitrogens with one attached hydrogen (secondary N) is 1. The third-order valence-electron chi connectivity index (χ3n) is 4.19. The van der Waals surface area contributed by atoms with E-state index in [0.717, 1.165) is 23.3 Å². The van der Waals surface area contributed by atoms with E-state index in [4.69, 9.17) is 15.2 Å². The number of rotatable bonds is 5. The Morgan fingerprint density at radius 1 is 1.36 bits per heavy atom. The molecule has 0 aromatic heterocycles. The summed E-state index contributed by atoms with van der Waals surface area (Å²) in [6, 6.07) is 15.2. The highest BCUT2D eigenvalue weighted by Gasteiger charge is 2.21. The van der Waals surface area contributed by atoms with Crippen LogP contribution in [0.5, 0.6) is 11.5 Å². The molecule has 0 bridgehead atoms. The molecule has 2 aromatic carbocycles. The number of hydrogen-bond donors (Lipinski definition) is 3. The first-order valence-corrected chi connectivity index (χ1v) is 8.27. The lowest BCUT2D eigenvalue weighted by atomic mass is 10.0. The van der Waals surface area contributed by atoms with E-state index in [1.54, 1.807) is 13.2 Å². The zero-order valence-electron chi connectivity index (χ0n) is 14.2. The van der Waals surface area contributed by atoms with Gasteiger partial charge in [0.15, 0.2) is 5.96 Å². The van der Waals surface area contributed by atoms with Crippen LogP contribution in [0.3, 0.4) is 0 Å². The molecule has 2 unspecified atom stereocenters. The summed E-state index contributed by atoms with van der Waals surface area (Å²) >= 11 is 0. The SMILES string of the molecule is COc1cccc(C(O)CN=C(N)NC2CCOc3ccccc32)c1. The molecule has 0 saturated heterocycles. The van der Waals surface area contributed by atoms with Crippen LogP contribution in [0.4, 0.5) is 0 Å². The molecule has 3 rings (SSSR count). The maximum atomic E-state index is 10.3. The van der Waals surface area contributed by atoms with Gasteiger partial charge in [-0.05, 0) is 23.8 Å². The topological polar surface area (TPSA) is 89.1 Å². The summed E-state index contributed by atoms with van der Waals surface area (Å²) in [7, 11) is 1.59. The molecule has 25 heavy (non-hydrogen) atoms. The van der Waals surface area contributed by atoms with E-state index in [-0.39, 0.29) is 12.6 Å². The van der Waals surface area contributed by atoms with Gasteiger partial charge in [0.25, 0.3) is 0 Å². The van der Waals surface area contributed by atoms with E-state index in [2.05, 4.69) is 10.3 Å². The van der Waals surface area contributed by atoms with Crippen molar-refractivity contribution >= 4 is 5.96 Å². The molecule has 0 amide bonds. The molecule has 0 aliphatic carbocycles. The van der Waals surface area contributed by atoms with Crippen molar-refractivity contribution in [3.8, 4) is 11.5 Å².